The van der Waals surface area contributed by atoms with E-state index in [9.17, 15) is 0 Å². The summed E-state index contributed by atoms with van der Waals surface area (Å²) in [5.74, 6) is 3.40. The lowest BCUT2D eigenvalue weighted by molar-refractivity contribution is 0.437. The Labute approximate surface area is 130 Å². The highest BCUT2D eigenvalue weighted by molar-refractivity contribution is 7.98. The van der Waals surface area contributed by atoms with Gasteiger partial charge >= 0.3 is 0 Å². The fourth-order valence-corrected chi connectivity index (χ4v) is 4.84. The zero-order chi connectivity index (χ0) is 14.2. The van der Waals surface area contributed by atoms with Crippen LogP contribution in [0.2, 0.25) is 0 Å². The quantitative estimate of drug-likeness (QED) is 0.778. The largest absolute Gasteiger partial charge is 0.380 e. The highest BCUT2D eigenvalue weighted by atomic mass is 32.2. The number of nitrogen functional groups attached to an aromatic ring is 1. The Morgan fingerprint density at radius 2 is 2.24 bits per heavy atom. The van der Waals surface area contributed by atoms with Crippen molar-refractivity contribution < 1.29 is 4.52 Å². The number of aryl methyl sites for hydroxylation is 1. The van der Waals surface area contributed by atoms with Gasteiger partial charge in [-0.25, -0.2) is 0 Å². The van der Waals surface area contributed by atoms with E-state index in [4.69, 9.17) is 10.3 Å². The first-order valence-corrected chi connectivity index (χ1v) is 8.66. The molecule has 0 saturated carbocycles. The van der Waals surface area contributed by atoms with E-state index in [1.54, 1.807) is 17.5 Å². The van der Waals surface area contributed by atoms with E-state index in [1.165, 1.54) is 16.2 Å². The molecule has 0 saturated heterocycles. The van der Waals surface area contributed by atoms with Crippen molar-refractivity contribution in [3.63, 3.8) is 0 Å². The van der Waals surface area contributed by atoms with Gasteiger partial charge in [0.15, 0.2) is 11.6 Å². The highest BCUT2D eigenvalue weighted by Gasteiger charge is 2.22. The van der Waals surface area contributed by atoms with Crippen molar-refractivity contribution in [2.75, 3.05) is 11.5 Å². The molecular formula is C15H13N3OS2. The SMILES string of the molecule is Nc1noc(-c2cc3c(s2)CCSC3)c1-c1ccccn1. The molecule has 0 radical (unpaired) electrons. The molecule has 0 fully saturated rings. The molecule has 1 aliphatic rings. The zero-order valence-electron chi connectivity index (χ0n) is 11.2. The molecule has 2 N–H and O–H groups in total. The Balaban J connectivity index is 1.85. The summed E-state index contributed by atoms with van der Waals surface area (Å²) in [7, 11) is 0. The van der Waals surface area contributed by atoms with E-state index in [-0.39, 0.29) is 0 Å². The minimum atomic E-state index is 0.393. The molecule has 0 spiro atoms. The maximum Gasteiger partial charge on any atom is 0.188 e. The van der Waals surface area contributed by atoms with Gasteiger partial charge in [-0.15, -0.1) is 11.3 Å². The monoisotopic (exact) mass is 315 g/mol. The molecule has 4 nitrogen and oxygen atoms in total. The van der Waals surface area contributed by atoms with E-state index in [0.717, 1.165) is 34.1 Å². The zero-order valence-corrected chi connectivity index (χ0v) is 12.8. The number of thioether (sulfide) groups is 1. The van der Waals surface area contributed by atoms with Gasteiger partial charge in [-0.2, -0.15) is 11.8 Å². The third-order valence-corrected chi connectivity index (χ3v) is 5.73. The smallest absolute Gasteiger partial charge is 0.188 e. The molecule has 0 unspecified atom stereocenters. The van der Waals surface area contributed by atoms with Crippen LogP contribution in [0.25, 0.3) is 21.9 Å². The Kier molecular flexibility index (Phi) is 3.20. The van der Waals surface area contributed by atoms with Crippen molar-refractivity contribution in [3.05, 3.63) is 40.9 Å². The molecule has 3 aromatic rings. The number of thiophene rings is 1. The van der Waals surface area contributed by atoms with Gasteiger partial charge < -0.3 is 10.3 Å². The second-order valence-corrected chi connectivity index (χ2v) is 7.09. The van der Waals surface area contributed by atoms with Crippen molar-refractivity contribution in [2.45, 2.75) is 12.2 Å². The van der Waals surface area contributed by atoms with Gasteiger partial charge in [0.05, 0.1) is 16.1 Å². The summed E-state index contributed by atoms with van der Waals surface area (Å²) >= 11 is 3.76. The van der Waals surface area contributed by atoms with Gasteiger partial charge in [-0.05, 0) is 35.9 Å². The minimum Gasteiger partial charge on any atom is -0.380 e. The first-order chi connectivity index (χ1) is 10.3. The van der Waals surface area contributed by atoms with Crippen LogP contribution < -0.4 is 5.73 Å². The van der Waals surface area contributed by atoms with E-state index in [0.29, 0.717) is 5.82 Å². The van der Waals surface area contributed by atoms with Gasteiger partial charge in [0, 0.05) is 16.8 Å². The minimum absolute atomic E-state index is 0.393. The van der Waals surface area contributed by atoms with Crippen LogP contribution >= 0.6 is 23.1 Å². The van der Waals surface area contributed by atoms with Crippen LogP contribution in [0.1, 0.15) is 10.4 Å². The molecule has 6 heteroatoms. The lowest BCUT2D eigenvalue weighted by Gasteiger charge is -2.08. The van der Waals surface area contributed by atoms with Crippen molar-refractivity contribution in [2.24, 2.45) is 0 Å². The molecule has 21 heavy (non-hydrogen) atoms. The lowest BCUT2D eigenvalue weighted by Crippen LogP contribution is -1.96. The average Bonchev–Trinajstić information content (AvgIpc) is 3.11. The fourth-order valence-electron chi connectivity index (χ4n) is 2.49. The summed E-state index contributed by atoms with van der Waals surface area (Å²) in [6, 6.07) is 7.96. The van der Waals surface area contributed by atoms with Crippen LogP contribution in [0.4, 0.5) is 5.82 Å². The van der Waals surface area contributed by atoms with Crippen LogP contribution in [-0.4, -0.2) is 15.9 Å². The second kappa shape index (κ2) is 5.20. The van der Waals surface area contributed by atoms with Gasteiger partial charge in [-0.1, -0.05) is 11.2 Å². The fraction of sp³-hybridized carbons (Fsp3) is 0.200. The van der Waals surface area contributed by atoms with Crippen LogP contribution in [0.3, 0.4) is 0 Å². The standard InChI is InChI=1S/C15H13N3OS2/c16-15-13(10-3-1-2-5-17-10)14(19-18-15)12-7-9-8-20-6-4-11(9)21-12/h1-3,5,7H,4,6,8H2,(H2,16,18). The Hall–Kier alpha value is -1.79. The first kappa shape index (κ1) is 12.9. The molecule has 0 aliphatic carbocycles. The van der Waals surface area contributed by atoms with Crippen molar-refractivity contribution in [3.8, 4) is 21.9 Å². The number of nitrogens with zero attached hydrogens (tertiary/aromatic N) is 2. The molecule has 0 bridgehead atoms. The van der Waals surface area contributed by atoms with E-state index >= 15 is 0 Å². The molecule has 0 aromatic carbocycles. The summed E-state index contributed by atoms with van der Waals surface area (Å²) < 4.78 is 5.50. The first-order valence-electron chi connectivity index (χ1n) is 6.69. The summed E-state index contributed by atoms with van der Waals surface area (Å²) in [6.45, 7) is 0. The molecule has 1 aliphatic heterocycles. The number of aromatic nitrogens is 2. The van der Waals surface area contributed by atoms with Crippen molar-refractivity contribution >= 4 is 28.9 Å². The third-order valence-electron chi connectivity index (χ3n) is 3.49. The highest BCUT2D eigenvalue weighted by Crippen LogP contribution is 2.42. The Morgan fingerprint density at radius 3 is 3.05 bits per heavy atom. The van der Waals surface area contributed by atoms with E-state index < -0.39 is 0 Å². The Bertz CT molecular complexity index is 756. The van der Waals surface area contributed by atoms with Crippen LogP contribution in [-0.2, 0) is 12.2 Å². The van der Waals surface area contributed by atoms with E-state index in [1.807, 2.05) is 30.0 Å². The summed E-state index contributed by atoms with van der Waals surface area (Å²) in [6.07, 6.45) is 2.88. The number of pyridine rings is 1. The van der Waals surface area contributed by atoms with Crippen LogP contribution in [0.15, 0.2) is 35.0 Å². The third kappa shape index (κ3) is 2.24. The summed E-state index contributed by atoms with van der Waals surface area (Å²) in [5.41, 5.74) is 8.99. The number of nitrogens with two attached hydrogens (primary N) is 1. The van der Waals surface area contributed by atoms with Gasteiger partial charge in [0.1, 0.15) is 0 Å². The molecule has 106 valence electrons. The van der Waals surface area contributed by atoms with Gasteiger partial charge in [0.2, 0.25) is 0 Å². The maximum atomic E-state index is 5.99. The number of hydrogen-bond acceptors (Lipinski definition) is 6. The van der Waals surface area contributed by atoms with Crippen molar-refractivity contribution in [1.82, 2.24) is 10.1 Å². The predicted molar refractivity (Wildman–Crippen MR) is 87.3 cm³/mol. The Morgan fingerprint density at radius 1 is 1.29 bits per heavy atom. The van der Waals surface area contributed by atoms with Gasteiger partial charge in [-0.3, -0.25) is 4.98 Å². The summed E-state index contributed by atoms with van der Waals surface area (Å²) in [5, 5.41) is 3.94. The maximum absolute atomic E-state index is 5.99. The molecule has 4 heterocycles. The molecule has 0 atom stereocenters. The molecule has 3 aromatic heterocycles. The molecular weight excluding hydrogens is 302 g/mol. The predicted octanol–water partition coefficient (Wildman–Crippen LogP) is 3.84. The van der Waals surface area contributed by atoms with E-state index in [2.05, 4.69) is 16.2 Å². The normalized spacial score (nSPS) is 14.1. The number of fused-ring (bicyclic) bond motifs is 1. The molecule has 0 amide bonds. The topological polar surface area (TPSA) is 64.9 Å². The molecule has 4 rings (SSSR count). The number of hydrogen-bond donors (Lipinski definition) is 1. The number of rotatable bonds is 2. The summed E-state index contributed by atoms with van der Waals surface area (Å²) in [4.78, 5) is 6.91. The average molecular weight is 315 g/mol. The van der Waals surface area contributed by atoms with Crippen molar-refractivity contribution in [1.29, 1.82) is 0 Å². The number of anilines is 1. The lowest BCUT2D eigenvalue weighted by atomic mass is 10.1. The van der Waals surface area contributed by atoms with Crippen LogP contribution in [0.5, 0.6) is 0 Å². The van der Waals surface area contributed by atoms with Gasteiger partial charge in [0.25, 0.3) is 0 Å². The van der Waals surface area contributed by atoms with Crippen LogP contribution in [0, 0.1) is 0 Å². The second-order valence-electron chi connectivity index (χ2n) is 4.85.